The first kappa shape index (κ1) is 13.4. The van der Waals surface area contributed by atoms with Crippen molar-refractivity contribution in [1.82, 2.24) is 10.2 Å². The molecule has 3 nitrogen and oxygen atoms in total. The molecule has 1 aromatic heterocycles. The Hall–Kier alpha value is -1.03. The van der Waals surface area contributed by atoms with E-state index in [-0.39, 0.29) is 12.4 Å². The van der Waals surface area contributed by atoms with Gasteiger partial charge < -0.3 is 9.73 Å². The summed E-state index contributed by atoms with van der Waals surface area (Å²) in [5.74, 6) is 0. The summed E-state index contributed by atoms with van der Waals surface area (Å²) in [6, 6.07) is 8.90. The minimum Gasteiger partial charge on any atom is -0.464 e. The summed E-state index contributed by atoms with van der Waals surface area (Å²) >= 11 is 0. The molecular formula is C14H19ClN2O. The molecule has 1 N–H and O–H groups in total. The highest BCUT2D eigenvalue weighted by atomic mass is 35.5. The number of hydrogen-bond donors (Lipinski definition) is 1. The standard InChI is InChI=1S/C14H18N2O.ClH/c1-16(12-6-7-15-8-12)9-11-10-17-14-5-3-2-4-13(11)14;/h2-5,10,12,15H,6-9H2,1H3;1H. The van der Waals surface area contributed by atoms with Crippen LogP contribution in [0.3, 0.4) is 0 Å². The van der Waals surface area contributed by atoms with Crippen LogP contribution in [0.25, 0.3) is 11.0 Å². The van der Waals surface area contributed by atoms with E-state index in [1.165, 1.54) is 17.4 Å². The van der Waals surface area contributed by atoms with Crippen LogP contribution >= 0.6 is 12.4 Å². The lowest BCUT2D eigenvalue weighted by Crippen LogP contribution is -2.32. The van der Waals surface area contributed by atoms with E-state index in [1.807, 2.05) is 18.4 Å². The predicted octanol–water partition coefficient (Wildman–Crippen LogP) is 2.65. The predicted molar refractivity (Wildman–Crippen MR) is 76.2 cm³/mol. The lowest BCUT2D eigenvalue weighted by Gasteiger charge is -2.22. The molecule has 2 heterocycles. The van der Waals surface area contributed by atoms with Crippen molar-refractivity contribution in [1.29, 1.82) is 0 Å². The molecule has 3 rings (SSSR count). The molecule has 0 aliphatic carbocycles. The zero-order chi connectivity index (χ0) is 11.7. The zero-order valence-corrected chi connectivity index (χ0v) is 11.4. The van der Waals surface area contributed by atoms with E-state index in [2.05, 4.69) is 29.4 Å². The van der Waals surface area contributed by atoms with Crippen LogP contribution in [0, 0.1) is 0 Å². The van der Waals surface area contributed by atoms with E-state index in [9.17, 15) is 0 Å². The van der Waals surface area contributed by atoms with Crippen molar-refractivity contribution in [2.45, 2.75) is 19.0 Å². The first-order valence-electron chi connectivity index (χ1n) is 6.20. The van der Waals surface area contributed by atoms with Crippen molar-refractivity contribution in [3.63, 3.8) is 0 Å². The molecule has 1 aromatic carbocycles. The SMILES string of the molecule is CN(Cc1coc2ccccc12)C1CCNC1.Cl. The second kappa shape index (κ2) is 5.74. The van der Waals surface area contributed by atoms with Crippen LogP contribution in [-0.4, -0.2) is 31.1 Å². The summed E-state index contributed by atoms with van der Waals surface area (Å²) in [5.41, 5.74) is 2.27. The number of hydrogen-bond acceptors (Lipinski definition) is 3. The van der Waals surface area contributed by atoms with Crippen LogP contribution in [-0.2, 0) is 6.54 Å². The number of halogens is 1. The summed E-state index contributed by atoms with van der Waals surface area (Å²) in [6.07, 6.45) is 3.13. The Morgan fingerprint density at radius 2 is 2.22 bits per heavy atom. The van der Waals surface area contributed by atoms with Crippen molar-refractivity contribution < 1.29 is 4.42 Å². The Bertz CT molecular complexity index is 505. The van der Waals surface area contributed by atoms with Gasteiger partial charge in [-0.3, -0.25) is 4.90 Å². The molecule has 1 atom stereocenters. The van der Waals surface area contributed by atoms with Gasteiger partial charge in [-0.15, -0.1) is 12.4 Å². The lowest BCUT2D eigenvalue weighted by atomic mass is 10.1. The molecule has 98 valence electrons. The number of benzene rings is 1. The Kier molecular flexibility index (Phi) is 4.27. The van der Waals surface area contributed by atoms with Gasteiger partial charge in [-0.25, -0.2) is 0 Å². The fourth-order valence-corrected chi connectivity index (χ4v) is 2.57. The molecule has 0 amide bonds. The van der Waals surface area contributed by atoms with Gasteiger partial charge in [0, 0.05) is 30.1 Å². The minimum atomic E-state index is 0. The maximum Gasteiger partial charge on any atom is 0.134 e. The molecule has 0 bridgehead atoms. The summed E-state index contributed by atoms with van der Waals surface area (Å²) in [7, 11) is 2.19. The normalized spacial score (nSPS) is 19.3. The van der Waals surface area contributed by atoms with Crippen molar-refractivity contribution in [3.05, 3.63) is 36.1 Å². The first-order valence-corrected chi connectivity index (χ1v) is 6.20. The molecule has 4 heteroatoms. The third-order valence-electron chi connectivity index (χ3n) is 3.64. The molecule has 1 unspecified atom stereocenters. The van der Waals surface area contributed by atoms with Gasteiger partial charge in [-0.1, -0.05) is 18.2 Å². The fraction of sp³-hybridized carbons (Fsp3) is 0.429. The summed E-state index contributed by atoms with van der Waals surface area (Å²) < 4.78 is 5.57. The van der Waals surface area contributed by atoms with Crippen LogP contribution in [0.2, 0.25) is 0 Å². The second-order valence-electron chi connectivity index (χ2n) is 4.82. The van der Waals surface area contributed by atoms with Crippen LogP contribution in [0.4, 0.5) is 0 Å². The highest BCUT2D eigenvalue weighted by Gasteiger charge is 2.20. The maximum atomic E-state index is 5.57. The fourth-order valence-electron chi connectivity index (χ4n) is 2.57. The van der Waals surface area contributed by atoms with Crippen molar-refractivity contribution in [3.8, 4) is 0 Å². The van der Waals surface area contributed by atoms with E-state index in [0.29, 0.717) is 6.04 Å². The number of nitrogens with one attached hydrogen (secondary N) is 1. The Morgan fingerprint density at radius 1 is 1.39 bits per heavy atom. The largest absolute Gasteiger partial charge is 0.464 e. The van der Waals surface area contributed by atoms with Crippen molar-refractivity contribution in [2.24, 2.45) is 0 Å². The van der Waals surface area contributed by atoms with Crippen molar-refractivity contribution >= 4 is 23.4 Å². The molecule has 1 fully saturated rings. The summed E-state index contributed by atoms with van der Waals surface area (Å²) in [5, 5.41) is 4.65. The summed E-state index contributed by atoms with van der Waals surface area (Å²) in [6.45, 7) is 3.21. The quantitative estimate of drug-likeness (QED) is 0.926. The first-order chi connectivity index (χ1) is 8.34. The molecule has 1 saturated heterocycles. The van der Waals surface area contributed by atoms with Gasteiger partial charge in [0.05, 0.1) is 6.26 Å². The van der Waals surface area contributed by atoms with E-state index in [4.69, 9.17) is 4.42 Å². The number of likely N-dealkylation sites (N-methyl/N-ethyl adjacent to an activating group) is 1. The van der Waals surface area contributed by atoms with Crippen LogP contribution < -0.4 is 5.32 Å². The molecule has 1 aliphatic heterocycles. The third-order valence-corrected chi connectivity index (χ3v) is 3.64. The topological polar surface area (TPSA) is 28.4 Å². The number of rotatable bonds is 3. The Labute approximate surface area is 114 Å². The average molecular weight is 267 g/mol. The van der Waals surface area contributed by atoms with Gasteiger partial charge in [0.15, 0.2) is 0 Å². The molecule has 0 spiro atoms. The highest BCUT2D eigenvalue weighted by molar-refractivity contribution is 5.85. The molecular weight excluding hydrogens is 248 g/mol. The van der Waals surface area contributed by atoms with E-state index >= 15 is 0 Å². The molecule has 2 aromatic rings. The smallest absolute Gasteiger partial charge is 0.134 e. The van der Waals surface area contributed by atoms with E-state index < -0.39 is 0 Å². The monoisotopic (exact) mass is 266 g/mol. The number of fused-ring (bicyclic) bond motifs is 1. The van der Waals surface area contributed by atoms with Crippen LogP contribution in [0.15, 0.2) is 34.9 Å². The second-order valence-corrected chi connectivity index (χ2v) is 4.82. The maximum absolute atomic E-state index is 5.57. The number of para-hydroxylation sites is 1. The summed E-state index contributed by atoms with van der Waals surface area (Å²) in [4.78, 5) is 2.41. The van der Waals surface area contributed by atoms with Crippen LogP contribution in [0.5, 0.6) is 0 Å². The molecule has 18 heavy (non-hydrogen) atoms. The molecule has 0 radical (unpaired) electrons. The number of nitrogens with zero attached hydrogens (tertiary/aromatic N) is 1. The van der Waals surface area contributed by atoms with Crippen LogP contribution in [0.1, 0.15) is 12.0 Å². The molecule has 0 saturated carbocycles. The van der Waals surface area contributed by atoms with Gasteiger partial charge in [0.25, 0.3) is 0 Å². The average Bonchev–Trinajstić information content (AvgIpc) is 2.98. The zero-order valence-electron chi connectivity index (χ0n) is 10.6. The number of furan rings is 1. The molecule has 1 aliphatic rings. The Balaban J connectivity index is 0.00000120. The minimum absolute atomic E-state index is 0. The highest BCUT2D eigenvalue weighted by Crippen LogP contribution is 2.22. The van der Waals surface area contributed by atoms with Gasteiger partial charge in [0.1, 0.15) is 5.58 Å². The van der Waals surface area contributed by atoms with E-state index in [0.717, 1.165) is 25.2 Å². The van der Waals surface area contributed by atoms with Gasteiger partial charge >= 0.3 is 0 Å². The van der Waals surface area contributed by atoms with Gasteiger partial charge in [-0.2, -0.15) is 0 Å². The Morgan fingerprint density at radius 3 is 3.00 bits per heavy atom. The van der Waals surface area contributed by atoms with Gasteiger partial charge in [-0.05, 0) is 26.1 Å². The third kappa shape index (κ3) is 2.53. The van der Waals surface area contributed by atoms with Crippen molar-refractivity contribution in [2.75, 3.05) is 20.1 Å². The lowest BCUT2D eigenvalue weighted by molar-refractivity contribution is 0.249. The van der Waals surface area contributed by atoms with Gasteiger partial charge in [0.2, 0.25) is 0 Å². The van der Waals surface area contributed by atoms with E-state index in [1.54, 1.807) is 0 Å².